The van der Waals surface area contributed by atoms with Crippen molar-refractivity contribution in [2.75, 3.05) is 11.9 Å². The molecule has 0 spiro atoms. The highest BCUT2D eigenvalue weighted by Crippen LogP contribution is 2.07. The Morgan fingerprint density at radius 3 is 2.75 bits per heavy atom. The molecule has 0 unspecified atom stereocenters. The number of rotatable bonds is 8. The van der Waals surface area contributed by atoms with E-state index < -0.39 is 0 Å². The van der Waals surface area contributed by atoms with Gasteiger partial charge in [0, 0.05) is 37.7 Å². The zero-order chi connectivity index (χ0) is 14.4. The number of aromatic nitrogens is 4. The molecule has 5 nitrogen and oxygen atoms in total. The average molecular weight is 275 g/mol. The largest absolute Gasteiger partial charge is 0.356 e. The van der Waals surface area contributed by atoms with Crippen molar-refractivity contribution in [1.82, 2.24) is 19.3 Å². The predicted octanol–water partition coefficient (Wildman–Crippen LogP) is 3.00. The van der Waals surface area contributed by atoms with Crippen LogP contribution in [-0.4, -0.2) is 25.9 Å². The molecule has 0 radical (unpaired) electrons. The molecule has 5 heteroatoms. The van der Waals surface area contributed by atoms with Crippen LogP contribution in [0.2, 0.25) is 0 Å². The summed E-state index contributed by atoms with van der Waals surface area (Å²) < 4.78 is 4.26. The second-order valence-electron chi connectivity index (χ2n) is 5.23. The fourth-order valence-electron chi connectivity index (χ4n) is 2.32. The third kappa shape index (κ3) is 3.85. The van der Waals surface area contributed by atoms with Crippen molar-refractivity contribution in [2.45, 2.75) is 53.1 Å². The maximum atomic E-state index is 4.47. The van der Waals surface area contributed by atoms with Crippen molar-refractivity contribution in [3.63, 3.8) is 0 Å². The quantitative estimate of drug-likeness (QED) is 0.753. The number of nitrogens with one attached hydrogen (secondary N) is 1. The van der Waals surface area contributed by atoms with Crippen molar-refractivity contribution >= 4 is 5.95 Å². The van der Waals surface area contributed by atoms with Crippen LogP contribution in [0.3, 0.4) is 0 Å². The predicted molar refractivity (Wildman–Crippen MR) is 81.9 cm³/mol. The maximum Gasteiger partial charge on any atom is 0.202 e. The van der Waals surface area contributed by atoms with E-state index in [1.165, 1.54) is 18.5 Å². The van der Waals surface area contributed by atoms with Gasteiger partial charge in [0.25, 0.3) is 0 Å². The molecule has 0 atom stereocenters. The summed E-state index contributed by atoms with van der Waals surface area (Å²) in [7, 11) is 0. The molecule has 0 saturated heterocycles. The van der Waals surface area contributed by atoms with Crippen LogP contribution >= 0.6 is 0 Å². The molecular weight excluding hydrogens is 250 g/mol. The maximum absolute atomic E-state index is 4.47. The van der Waals surface area contributed by atoms with E-state index in [1.54, 1.807) is 0 Å². The van der Waals surface area contributed by atoms with Gasteiger partial charge in [0.15, 0.2) is 0 Å². The Kier molecular flexibility index (Phi) is 5.21. The van der Waals surface area contributed by atoms with E-state index in [2.05, 4.69) is 44.6 Å². The Balaban J connectivity index is 1.76. The molecule has 2 aromatic heterocycles. The fourth-order valence-corrected chi connectivity index (χ4v) is 2.32. The highest BCUT2D eigenvalue weighted by molar-refractivity contribution is 5.25. The Morgan fingerprint density at radius 1 is 1.20 bits per heavy atom. The van der Waals surface area contributed by atoms with Crippen LogP contribution in [0, 0.1) is 13.8 Å². The summed E-state index contributed by atoms with van der Waals surface area (Å²) in [5.74, 6) is 0.979. The van der Waals surface area contributed by atoms with E-state index in [0.717, 1.165) is 37.7 Å². The topological polar surface area (TPSA) is 47.7 Å². The first-order chi connectivity index (χ1) is 9.70. The second-order valence-corrected chi connectivity index (χ2v) is 5.23. The summed E-state index contributed by atoms with van der Waals surface area (Å²) in [6, 6.07) is 2.12. The van der Waals surface area contributed by atoms with Gasteiger partial charge in [-0.25, -0.2) is 4.98 Å². The minimum absolute atomic E-state index is 0.918. The Morgan fingerprint density at radius 2 is 2.05 bits per heavy atom. The van der Waals surface area contributed by atoms with Gasteiger partial charge in [-0.2, -0.15) is 5.10 Å². The van der Waals surface area contributed by atoms with Crippen LogP contribution in [0.5, 0.6) is 0 Å². The Bertz CT molecular complexity index is 526. The molecule has 0 amide bonds. The number of aryl methyl sites for hydroxylation is 4. The smallest absolute Gasteiger partial charge is 0.202 e. The molecule has 0 saturated carbocycles. The average Bonchev–Trinajstić information content (AvgIpc) is 2.99. The summed E-state index contributed by atoms with van der Waals surface area (Å²) in [6.45, 7) is 9.25. The van der Waals surface area contributed by atoms with E-state index in [9.17, 15) is 0 Å². The second kappa shape index (κ2) is 7.12. The summed E-state index contributed by atoms with van der Waals surface area (Å²) in [4.78, 5) is 4.36. The third-order valence-electron chi connectivity index (χ3n) is 3.40. The summed E-state index contributed by atoms with van der Waals surface area (Å²) in [6.07, 6.45) is 7.34. The first-order valence-corrected chi connectivity index (χ1v) is 7.46. The minimum atomic E-state index is 0.918. The number of hydrogen-bond donors (Lipinski definition) is 1. The van der Waals surface area contributed by atoms with Crippen LogP contribution < -0.4 is 5.32 Å². The zero-order valence-corrected chi connectivity index (χ0v) is 12.8. The van der Waals surface area contributed by atoms with Gasteiger partial charge in [-0.3, -0.25) is 4.68 Å². The SMILES string of the molecule is CCCCn1ccnc1NCCCn1nc(C)cc1C. The van der Waals surface area contributed by atoms with Crippen LogP contribution in [0.15, 0.2) is 18.5 Å². The monoisotopic (exact) mass is 275 g/mol. The molecule has 20 heavy (non-hydrogen) atoms. The fraction of sp³-hybridized carbons (Fsp3) is 0.600. The summed E-state index contributed by atoms with van der Waals surface area (Å²) in [5.41, 5.74) is 2.32. The molecule has 0 aliphatic carbocycles. The van der Waals surface area contributed by atoms with Crippen LogP contribution in [0.1, 0.15) is 37.6 Å². The van der Waals surface area contributed by atoms with Gasteiger partial charge in [-0.1, -0.05) is 13.3 Å². The number of nitrogens with zero attached hydrogens (tertiary/aromatic N) is 4. The molecule has 0 fully saturated rings. The minimum Gasteiger partial charge on any atom is -0.356 e. The van der Waals surface area contributed by atoms with Gasteiger partial charge in [-0.15, -0.1) is 0 Å². The molecule has 2 heterocycles. The lowest BCUT2D eigenvalue weighted by Gasteiger charge is -2.09. The molecule has 0 aromatic carbocycles. The molecule has 0 aliphatic heterocycles. The van der Waals surface area contributed by atoms with E-state index in [4.69, 9.17) is 0 Å². The summed E-state index contributed by atoms with van der Waals surface area (Å²) >= 11 is 0. The van der Waals surface area contributed by atoms with E-state index >= 15 is 0 Å². The lowest BCUT2D eigenvalue weighted by atomic mass is 10.3. The van der Waals surface area contributed by atoms with Crippen molar-refractivity contribution in [2.24, 2.45) is 0 Å². The van der Waals surface area contributed by atoms with Crippen LogP contribution in [0.4, 0.5) is 5.95 Å². The van der Waals surface area contributed by atoms with Crippen LogP contribution in [0.25, 0.3) is 0 Å². The number of hydrogen-bond acceptors (Lipinski definition) is 3. The number of unbranched alkanes of at least 4 members (excludes halogenated alkanes) is 1. The molecule has 2 aromatic rings. The zero-order valence-electron chi connectivity index (χ0n) is 12.8. The molecule has 110 valence electrons. The van der Waals surface area contributed by atoms with Crippen molar-refractivity contribution in [1.29, 1.82) is 0 Å². The Labute approximate surface area is 121 Å². The van der Waals surface area contributed by atoms with Gasteiger partial charge >= 0.3 is 0 Å². The number of imidazole rings is 1. The standard InChI is InChI=1S/C15H25N5/c1-4-5-9-19-11-8-17-15(19)16-7-6-10-20-14(3)12-13(2)18-20/h8,11-12H,4-7,9-10H2,1-3H3,(H,16,17). The molecule has 1 N–H and O–H groups in total. The van der Waals surface area contributed by atoms with Gasteiger partial charge < -0.3 is 9.88 Å². The Hall–Kier alpha value is -1.78. The molecule has 0 aliphatic rings. The van der Waals surface area contributed by atoms with Crippen molar-refractivity contribution in [3.8, 4) is 0 Å². The highest BCUT2D eigenvalue weighted by atomic mass is 15.3. The summed E-state index contributed by atoms with van der Waals surface area (Å²) in [5, 5.41) is 7.88. The number of anilines is 1. The van der Waals surface area contributed by atoms with E-state index in [-0.39, 0.29) is 0 Å². The molecule has 0 bridgehead atoms. The van der Waals surface area contributed by atoms with Crippen molar-refractivity contribution in [3.05, 3.63) is 29.8 Å². The molecular formula is C15H25N5. The van der Waals surface area contributed by atoms with Gasteiger partial charge in [-0.05, 0) is 32.8 Å². The van der Waals surface area contributed by atoms with Gasteiger partial charge in [0.1, 0.15) is 0 Å². The van der Waals surface area contributed by atoms with E-state index in [1.807, 2.05) is 19.3 Å². The highest BCUT2D eigenvalue weighted by Gasteiger charge is 2.03. The van der Waals surface area contributed by atoms with Gasteiger partial charge in [0.2, 0.25) is 5.95 Å². The van der Waals surface area contributed by atoms with Crippen LogP contribution in [-0.2, 0) is 13.1 Å². The lowest BCUT2D eigenvalue weighted by Crippen LogP contribution is -2.12. The van der Waals surface area contributed by atoms with E-state index in [0.29, 0.717) is 0 Å². The first-order valence-electron chi connectivity index (χ1n) is 7.46. The molecule has 2 rings (SSSR count). The van der Waals surface area contributed by atoms with Gasteiger partial charge in [0.05, 0.1) is 5.69 Å². The van der Waals surface area contributed by atoms with Crippen molar-refractivity contribution < 1.29 is 0 Å². The lowest BCUT2D eigenvalue weighted by molar-refractivity contribution is 0.570. The third-order valence-corrected chi connectivity index (χ3v) is 3.40. The normalized spacial score (nSPS) is 10.9. The first kappa shape index (κ1) is 14.6.